The second kappa shape index (κ2) is 7.08. The van der Waals surface area contributed by atoms with Crippen LogP contribution in [0.4, 0.5) is 13.2 Å². The van der Waals surface area contributed by atoms with E-state index in [1.54, 1.807) is 14.0 Å². The van der Waals surface area contributed by atoms with E-state index >= 15 is 0 Å². The largest absolute Gasteiger partial charge is 0.468 e. The number of amides is 1. The summed E-state index contributed by atoms with van der Waals surface area (Å²) < 4.78 is 42.8. The number of halogens is 4. The number of pyridine rings is 1. The number of hydrogen-bond acceptors (Lipinski definition) is 4. The van der Waals surface area contributed by atoms with Gasteiger partial charge in [-0.05, 0) is 13.0 Å². The van der Waals surface area contributed by atoms with E-state index in [1.165, 1.54) is 23.0 Å². The first-order chi connectivity index (χ1) is 11.2. The van der Waals surface area contributed by atoms with Gasteiger partial charge in [0.05, 0.1) is 11.3 Å². The lowest BCUT2D eigenvalue weighted by Gasteiger charge is -2.12. The molecule has 0 bridgehead atoms. The third kappa shape index (κ3) is 4.38. The van der Waals surface area contributed by atoms with Crippen molar-refractivity contribution in [3.05, 3.63) is 40.3 Å². The van der Waals surface area contributed by atoms with Gasteiger partial charge in [-0.15, -0.1) is 0 Å². The number of aromatic nitrogens is 3. The number of nitrogens with zero attached hydrogens (tertiary/aromatic N) is 3. The summed E-state index contributed by atoms with van der Waals surface area (Å²) >= 11 is 6.00. The average molecular weight is 363 g/mol. The zero-order chi connectivity index (χ0) is 17.9. The molecule has 0 radical (unpaired) electrons. The molecule has 1 amide bonds. The molecule has 0 aliphatic rings. The number of aryl methyl sites for hydroxylation is 2. The minimum Gasteiger partial charge on any atom is -0.468 e. The molecule has 6 nitrogen and oxygen atoms in total. The number of hydrogen-bond donors (Lipinski definition) is 1. The molecule has 1 N–H and O–H groups in total. The summed E-state index contributed by atoms with van der Waals surface area (Å²) in [5.41, 5.74) is 0.966. The lowest BCUT2D eigenvalue weighted by Crippen LogP contribution is -2.25. The highest BCUT2D eigenvalue weighted by atomic mass is 35.5. The van der Waals surface area contributed by atoms with Crippen molar-refractivity contribution in [2.75, 3.05) is 6.61 Å². The Labute approximate surface area is 140 Å². The van der Waals surface area contributed by atoms with Crippen molar-refractivity contribution in [1.29, 1.82) is 0 Å². The minimum absolute atomic E-state index is 0.0650. The van der Waals surface area contributed by atoms with Gasteiger partial charge in [-0.2, -0.15) is 18.3 Å². The molecular formula is C14H14ClF3N4O2. The fraction of sp³-hybridized carbons (Fsp3) is 0.357. The molecule has 0 fully saturated rings. The van der Waals surface area contributed by atoms with E-state index in [2.05, 4.69) is 20.1 Å². The number of ether oxygens (including phenoxy) is 1. The Hall–Kier alpha value is -2.29. The molecule has 0 saturated heterocycles. The van der Waals surface area contributed by atoms with Crippen molar-refractivity contribution >= 4 is 17.5 Å². The van der Waals surface area contributed by atoms with Crippen molar-refractivity contribution < 1.29 is 22.7 Å². The highest BCUT2D eigenvalue weighted by Crippen LogP contribution is 2.21. The molecule has 0 atom stereocenters. The zero-order valence-electron chi connectivity index (χ0n) is 12.8. The number of rotatable bonds is 5. The minimum atomic E-state index is -4.47. The Bertz CT molecular complexity index is 746. The van der Waals surface area contributed by atoms with Crippen LogP contribution in [0, 0.1) is 6.92 Å². The van der Waals surface area contributed by atoms with Gasteiger partial charge in [0.1, 0.15) is 5.15 Å². The van der Waals surface area contributed by atoms with Gasteiger partial charge in [0, 0.05) is 25.4 Å². The molecule has 2 rings (SSSR count). The standard InChI is InChI=1S/C14H14ClF3N4O2/c1-8-10(11(15)22(2)21-8)12(23)20-6-9-4-3-5-19-13(9)24-7-14(16,17)18/h3-5H,6-7H2,1-2H3,(H,20,23). The fourth-order valence-corrected chi connectivity index (χ4v) is 2.25. The smallest absolute Gasteiger partial charge is 0.422 e. The molecule has 130 valence electrons. The first kappa shape index (κ1) is 18.1. The van der Waals surface area contributed by atoms with Crippen LogP contribution in [0.15, 0.2) is 18.3 Å². The zero-order valence-corrected chi connectivity index (χ0v) is 13.6. The molecular weight excluding hydrogens is 349 g/mol. The highest BCUT2D eigenvalue weighted by Gasteiger charge is 2.29. The topological polar surface area (TPSA) is 69.0 Å². The summed E-state index contributed by atoms with van der Waals surface area (Å²) in [4.78, 5) is 16.0. The molecule has 0 unspecified atom stereocenters. The quantitative estimate of drug-likeness (QED) is 0.887. The van der Waals surface area contributed by atoms with E-state index in [-0.39, 0.29) is 23.1 Å². The normalized spacial score (nSPS) is 11.4. The molecule has 10 heteroatoms. The Morgan fingerprint density at radius 1 is 1.46 bits per heavy atom. The Morgan fingerprint density at radius 3 is 2.75 bits per heavy atom. The van der Waals surface area contributed by atoms with E-state index in [0.29, 0.717) is 11.3 Å². The van der Waals surface area contributed by atoms with E-state index in [4.69, 9.17) is 11.6 Å². The van der Waals surface area contributed by atoms with E-state index in [0.717, 1.165) is 0 Å². The molecule has 0 aliphatic heterocycles. The molecule has 2 heterocycles. The van der Waals surface area contributed by atoms with Crippen molar-refractivity contribution in [3.63, 3.8) is 0 Å². The maximum Gasteiger partial charge on any atom is 0.422 e. The molecule has 2 aromatic rings. The van der Waals surface area contributed by atoms with Crippen LogP contribution >= 0.6 is 11.6 Å². The van der Waals surface area contributed by atoms with Crippen molar-refractivity contribution in [2.45, 2.75) is 19.6 Å². The third-order valence-corrected chi connectivity index (χ3v) is 3.47. The first-order valence-electron chi connectivity index (χ1n) is 6.80. The van der Waals surface area contributed by atoms with E-state index in [9.17, 15) is 18.0 Å². The van der Waals surface area contributed by atoms with Crippen molar-refractivity contribution in [1.82, 2.24) is 20.1 Å². The summed E-state index contributed by atoms with van der Waals surface area (Å²) in [5, 5.41) is 6.76. The summed E-state index contributed by atoms with van der Waals surface area (Å²) in [5.74, 6) is -0.680. The second-order valence-electron chi connectivity index (χ2n) is 4.93. The van der Waals surface area contributed by atoms with Gasteiger partial charge in [0.25, 0.3) is 5.91 Å². The lowest BCUT2D eigenvalue weighted by atomic mass is 10.2. The number of carbonyl (C=O) groups is 1. The second-order valence-corrected chi connectivity index (χ2v) is 5.29. The Morgan fingerprint density at radius 2 is 2.17 bits per heavy atom. The van der Waals surface area contributed by atoms with Gasteiger partial charge >= 0.3 is 6.18 Å². The summed E-state index contributed by atoms with van der Waals surface area (Å²) in [6.07, 6.45) is -3.17. The van der Waals surface area contributed by atoms with Gasteiger partial charge in [-0.25, -0.2) is 4.98 Å². The summed E-state index contributed by atoms with van der Waals surface area (Å²) in [7, 11) is 1.59. The van der Waals surface area contributed by atoms with Gasteiger partial charge < -0.3 is 10.1 Å². The van der Waals surface area contributed by atoms with Gasteiger partial charge in [0.15, 0.2) is 6.61 Å². The molecule has 0 aliphatic carbocycles. The van der Waals surface area contributed by atoms with E-state index in [1.807, 2.05) is 0 Å². The average Bonchev–Trinajstić information content (AvgIpc) is 2.75. The number of carbonyl (C=O) groups excluding carboxylic acids is 1. The first-order valence-corrected chi connectivity index (χ1v) is 7.17. The predicted molar refractivity (Wildman–Crippen MR) is 79.9 cm³/mol. The van der Waals surface area contributed by atoms with Crippen LogP contribution < -0.4 is 10.1 Å². The summed E-state index contributed by atoms with van der Waals surface area (Å²) in [6, 6.07) is 3.04. The summed E-state index contributed by atoms with van der Waals surface area (Å²) in [6.45, 7) is 0.103. The third-order valence-electron chi connectivity index (χ3n) is 3.04. The number of nitrogens with one attached hydrogen (secondary N) is 1. The van der Waals surface area contributed by atoms with E-state index < -0.39 is 18.7 Å². The Balaban J connectivity index is 2.08. The van der Waals surface area contributed by atoms with Gasteiger partial charge in [-0.3, -0.25) is 9.48 Å². The van der Waals surface area contributed by atoms with Gasteiger partial charge in [0.2, 0.25) is 5.88 Å². The van der Waals surface area contributed by atoms with Crippen molar-refractivity contribution in [3.8, 4) is 5.88 Å². The maximum absolute atomic E-state index is 12.3. The van der Waals surface area contributed by atoms with Crippen LogP contribution in [-0.4, -0.2) is 33.5 Å². The van der Waals surface area contributed by atoms with Crippen LogP contribution in [-0.2, 0) is 13.6 Å². The van der Waals surface area contributed by atoms with Crippen LogP contribution in [0.2, 0.25) is 5.15 Å². The highest BCUT2D eigenvalue weighted by molar-refractivity contribution is 6.33. The molecule has 0 aromatic carbocycles. The number of alkyl halides is 3. The fourth-order valence-electron chi connectivity index (χ4n) is 1.99. The maximum atomic E-state index is 12.3. The molecule has 2 aromatic heterocycles. The van der Waals surface area contributed by atoms with Crippen LogP contribution in [0.1, 0.15) is 21.6 Å². The van der Waals surface area contributed by atoms with Gasteiger partial charge in [-0.1, -0.05) is 17.7 Å². The molecule has 0 spiro atoms. The predicted octanol–water partition coefficient (Wildman–Crippen LogP) is 2.65. The monoisotopic (exact) mass is 362 g/mol. The molecule has 0 saturated carbocycles. The van der Waals surface area contributed by atoms with Crippen LogP contribution in [0.25, 0.3) is 0 Å². The lowest BCUT2D eigenvalue weighted by molar-refractivity contribution is -0.154. The Kier molecular flexibility index (Phi) is 5.33. The van der Waals surface area contributed by atoms with Crippen LogP contribution in [0.5, 0.6) is 5.88 Å². The molecule has 24 heavy (non-hydrogen) atoms. The SMILES string of the molecule is Cc1nn(C)c(Cl)c1C(=O)NCc1cccnc1OCC(F)(F)F. The van der Waals surface area contributed by atoms with Crippen molar-refractivity contribution in [2.24, 2.45) is 7.05 Å². The van der Waals surface area contributed by atoms with Crippen LogP contribution in [0.3, 0.4) is 0 Å².